The number of nitrogens with zero attached hydrogens (tertiary/aromatic N) is 2. The predicted molar refractivity (Wildman–Crippen MR) is 106 cm³/mol. The number of carbonyl (C=O) groups is 2. The normalized spacial score (nSPS) is 15.9. The Morgan fingerprint density at radius 1 is 1.07 bits per heavy atom. The highest BCUT2D eigenvalue weighted by Crippen LogP contribution is 2.23. The minimum absolute atomic E-state index is 0.135. The summed E-state index contributed by atoms with van der Waals surface area (Å²) in [7, 11) is -0.396. The zero-order chi connectivity index (χ0) is 20.3. The highest BCUT2D eigenvalue weighted by molar-refractivity contribution is 7.89. The van der Waals surface area contributed by atoms with Gasteiger partial charge in [0.1, 0.15) is 4.88 Å². The van der Waals surface area contributed by atoms with Crippen LogP contribution in [-0.4, -0.2) is 69.8 Å². The van der Waals surface area contributed by atoms with Crippen LogP contribution in [0.1, 0.15) is 19.3 Å². The van der Waals surface area contributed by atoms with Gasteiger partial charge in [-0.3, -0.25) is 4.79 Å². The van der Waals surface area contributed by atoms with Gasteiger partial charge in [-0.1, -0.05) is 6.07 Å². The van der Waals surface area contributed by atoms with Crippen molar-refractivity contribution in [3.8, 4) is 0 Å². The molecule has 0 radical (unpaired) electrons. The third-order valence-electron chi connectivity index (χ3n) is 4.41. The van der Waals surface area contributed by atoms with Gasteiger partial charge >= 0.3 is 5.97 Å². The number of nitrogens with one attached hydrogen (secondary N) is 1. The van der Waals surface area contributed by atoms with E-state index in [-0.39, 0.29) is 4.90 Å². The number of hydrogen-bond acceptors (Lipinski definition) is 7. The molecule has 0 bridgehead atoms. The average molecular weight is 424 g/mol. The van der Waals surface area contributed by atoms with Gasteiger partial charge in [0.2, 0.25) is 10.0 Å². The molecule has 1 saturated heterocycles. The Balaban J connectivity index is 1.75. The second kappa shape index (κ2) is 8.39. The summed E-state index contributed by atoms with van der Waals surface area (Å²) in [5, 5.41) is 2.68. The van der Waals surface area contributed by atoms with Crippen molar-refractivity contribution in [2.45, 2.75) is 4.90 Å². The molecule has 1 amide bonds. The van der Waals surface area contributed by atoms with E-state index in [1.165, 1.54) is 35.7 Å². The molecule has 0 spiro atoms. The molecular formula is C18H21N3O5S2. The number of amides is 1. The van der Waals surface area contributed by atoms with Gasteiger partial charge in [0, 0.05) is 31.9 Å². The Bertz CT molecular complexity index is 979. The predicted octanol–water partition coefficient (Wildman–Crippen LogP) is 1.72. The first-order valence-electron chi connectivity index (χ1n) is 8.59. The highest BCUT2D eigenvalue weighted by atomic mass is 32.2. The van der Waals surface area contributed by atoms with E-state index >= 15 is 0 Å². The lowest BCUT2D eigenvalue weighted by Crippen LogP contribution is -2.47. The van der Waals surface area contributed by atoms with E-state index < -0.39 is 21.9 Å². The van der Waals surface area contributed by atoms with Crippen LogP contribution in [0, 0.1) is 0 Å². The molecule has 0 saturated carbocycles. The van der Waals surface area contributed by atoms with Crippen molar-refractivity contribution in [1.29, 1.82) is 0 Å². The van der Waals surface area contributed by atoms with Crippen molar-refractivity contribution >= 4 is 38.9 Å². The number of methoxy groups -OCH3 is 1. The van der Waals surface area contributed by atoms with Crippen LogP contribution in [-0.2, 0) is 14.8 Å². The maximum Gasteiger partial charge on any atom is 0.348 e. The zero-order valence-corrected chi connectivity index (χ0v) is 17.2. The number of carbonyl (C=O) groups excluding carboxylic acids is 2. The Kier molecular flexibility index (Phi) is 6.14. The van der Waals surface area contributed by atoms with Crippen LogP contribution in [0.3, 0.4) is 0 Å². The molecule has 0 aliphatic carbocycles. The van der Waals surface area contributed by atoms with Gasteiger partial charge in [0.15, 0.2) is 0 Å². The van der Waals surface area contributed by atoms with Gasteiger partial charge in [-0.15, -0.1) is 11.3 Å². The quantitative estimate of drug-likeness (QED) is 0.736. The molecule has 1 aromatic heterocycles. The number of thiophene rings is 1. The molecule has 28 heavy (non-hydrogen) atoms. The molecule has 0 unspecified atom stereocenters. The van der Waals surface area contributed by atoms with E-state index in [0.29, 0.717) is 41.6 Å². The summed E-state index contributed by atoms with van der Waals surface area (Å²) in [5.74, 6) is -0.932. The van der Waals surface area contributed by atoms with Crippen molar-refractivity contribution < 1.29 is 22.7 Å². The largest absolute Gasteiger partial charge is 0.465 e. The number of anilines is 1. The minimum atomic E-state index is -3.62. The molecule has 1 aliphatic heterocycles. The molecule has 0 atom stereocenters. The van der Waals surface area contributed by atoms with Crippen molar-refractivity contribution in [3.63, 3.8) is 0 Å². The fourth-order valence-corrected chi connectivity index (χ4v) is 5.06. The SMILES string of the molecule is COC(=O)c1ccc(C(=O)Nc2cccc(S(=O)(=O)N3CCN(C)CC3)c2)s1. The van der Waals surface area contributed by atoms with Gasteiger partial charge in [-0.25, -0.2) is 13.2 Å². The molecule has 3 rings (SSSR count). The molecule has 150 valence electrons. The van der Waals surface area contributed by atoms with Crippen LogP contribution in [0.25, 0.3) is 0 Å². The fourth-order valence-electron chi connectivity index (χ4n) is 2.77. The number of hydrogen-bond donors (Lipinski definition) is 1. The van der Waals surface area contributed by atoms with Gasteiger partial charge in [0.25, 0.3) is 5.91 Å². The van der Waals surface area contributed by atoms with Crippen LogP contribution in [0.2, 0.25) is 0 Å². The molecule has 1 aromatic carbocycles. The zero-order valence-electron chi connectivity index (χ0n) is 15.5. The van der Waals surface area contributed by atoms with Gasteiger partial charge < -0.3 is 15.0 Å². The lowest BCUT2D eigenvalue weighted by molar-refractivity contribution is 0.0606. The Labute approximate surface area is 167 Å². The Hall–Kier alpha value is -2.27. The van der Waals surface area contributed by atoms with Crippen LogP contribution in [0.15, 0.2) is 41.3 Å². The number of esters is 1. The summed E-state index contributed by atoms with van der Waals surface area (Å²) in [4.78, 5) is 26.8. The van der Waals surface area contributed by atoms with E-state index in [0.717, 1.165) is 11.3 Å². The lowest BCUT2D eigenvalue weighted by Gasteiger charge is -2.31. The van der Waals surface area contributed by atoms with Gasteiger partial charge in [-0.2, -0.15) is 4.31 Å². The van der Waals surface area contributed by atoms with Crippen LogP contribution < -0.4 is 5.32 Å². The Morgan fingerprint density at radius 3 is 2.43 bits per heavy atom. The van der Waals surface area contributed by atoms with E-state index in [4.69, 9.17) is 0 Å². The van der Waals surface area contributed by atoms with Crippen molar-refractivity contribution in [1.82, 2.24) is 9.21 Å². The topological polar surface area (TPSA) is 96.0 Å². The van der Waals surface area contributed by atoms with Crippen LogP contribution >= 0.6 is 11.3 Å². The summed E-state index contributed by atoms with van der Waals surface area (Å²) in [6.07, 6.45) is 0. The number of likely N-dealkylation sites (N-methyl/N-ethyl adjacent to an activating group) is 1. The second-order valence-corrected chi connectivity index (χ2v) is 9.37. The molecule has 2 aromatic rings. The van der Waals surface area contributed by atoms with Crippen molar-refractivity contribution in [3.05, 3.63) is 46.2 Å². The smallest absolute Gasteiger partial charge is 0.348 e. The molecular weight excluding hydrogens is 402 g/mol. The van der Waals surface area contributed by atoms with E-state index in [1.54, 1.807) is 12.1 Å². The van der Waals surface area contributed by atoms with E-state index in [9.17, 15) is 18.0 Å². The highest BCUT2D eigenvalue weighted by Gasteiger charge is 2.27. The maximum atomic E-state index is 12.9. The number of ether oxygens (including phenoxy) is 1. The molecule has 8 nitrogen and oxygen atoms in total. The summed E-state index contributed by atoms with van der Waals surface area (Å²) >= 11 is 1.01. The van der Waals surface area contributed by atoms with Crippen LogP contribution in [0.4, 0.5) is 5.69 Å². The Morgan fingerprint density at radius 2 is 1.75 bits per heavy atom. The minimum Gasteiger partial charge on any atom is -0.465 e. The number of sulfonamides is 1. The average Bonchev–Trinajstić information content (AvgIpc) is 3.18. The summed E-state index contributed by atoms with van der Waals surface area (Å²) in [6.45, 7) is 2.22. The number of piperazine rings is 1. The first-order valence-corrected chi connectivity index (χ1v) is 10.8. The summed E-state index contributed by atoms with van der Waals surface area (Å²) in [6, 6.07) is 9.21. The second-order valence-electron chi connectivity index (χ2n) is 6.34. The monoisotopic (exact) mass is 423 g/mol. The molecule has 10 heteroatoms. The molecule has 1 fully saturated rings. The number of benzene rings is 1. The van der Waals surface area contributed by atoms with E-state index in [2.05, 4.69) is 15.0 Å². The fraction of sp³-hybridized carbons (Fsp3) is 0.333. The molecule has 1 aliphatic rings. The van der Waals surface area contributed by atoms with Crippen molar-refractivity contribution in [2.24, 2.45) is 0 Å². The summed E-state index contributed by atoms with van der Waals surface area (Å²) < 4.78 is 31.8. The van der Waals surface area contributed by atoms with Crippen LogP contribution in [0.5, 0.6) is 0 Å². The van der Waals surface area contributed by atoms with Crippen molar-refractivity contribution in [2.75, 3.05) is 45.7 Å². The first kappa shape index (κ1) is 20.5. The maximum absolute atomic E-state index is 12.9. The lowest BCUT2D eigenvalue weighted by atomic mass is 10.3. The van der Waals surface area contributed by atoms with Gasteiger partial charge in [0.05, 0.1) is 16.9 Å². The third-order valence-corrected chi connectivity index (χ3v) is 7.37. The summed E-state index contributed by atoms with van der Waals surface area (Å²) in [5.41, 5.74) is 0.369. The molecule has 2 heterocycles. The third kappa shape index (κ3) is 4.41. The first-order chi connectivity index (χ1) is 13.3. The van der Waals surface area contributed by atoms with E-state index in [1.807, 2.05) is 7.05 Å². The standard InChI is InChI=1S/C18H21N3O5S2/c1-20-8-10-21(11-9-20)28(24,25)14-5-3-4-13(12-14)19-17(22)15-6-7-16(27-15)18(23)26-2/h3-7,12H,8-11H2,1-2H3,(H,19,22). The molecule has 1 N–H and O–H groups in total. The number of rotatable bonds is 5. The van der Waals surface area contributed by atoms with Gasteiger partial charge in [-0.05, 0) is 37.4 Å².